The Bertz CT molecular complexity index is 368. The van der Waals surface area contributed by atoms with E-state index in [-0.39, 0.29) is 6.04 Å². The van der Waals surface area contributed by atoms with Crippen molar-refractivity contribution in [2.75, 3.05) is 13.7 Å². The molecule has 4 heteroatoms. The van der Waals surface area contributed by atoms with Crippen LogP contribution in [0.25, 0.3) is 0 Å². The minimum absolute atomic E-state index is 0.277. The second-order valence-corrected chi connectivity index (χ2v) is 4.48. The van der Waals surface area contributed by atoms with E-state index in [2.05, 4.69) is 5.32 Å². The molecule has 0 amide bonds. The zero-order chi connectivity index (χ0) is 10.8. The van der Waals surface area contributed by atoms with Gasteiger partial charge in [-0.15, -0.1) is 0 Å². The second kappa shape index (κ2) is 4.60. The number of rotatable bonds is 1. The maximum Gasteiger partial charge on any atom is 0.142 e. The van der Waals surface area contributed by atoms with E-state index >= 15 is 0 Å². The van der Waals surface area contributed by atoms with Gasteiger partial charge in [0.25, 0.3) is 0 Å². The molecule has 1 N–H and O–H groups in total. The van der Waals surface area contributed by atoms with Crippen LogP contribution in [0.3, 0.4) is 0 Å². The minimum atomic E-state index is 0.277. The van der Waals surface area contributed by atoms with Crippen molar-refractivity contribution in [3.8, 4) is 5.75 Å². The summed E-state index contributed by atoms with van der Waals surface area (Å²) in [6.07, 6.45) is 2.06. The van der Waals surface area contributed by atoms with E-state index < -0.39 is 0 Å². The van der Waals surface area contributed by atoms with Crippen molar-refractivity contribution in [3.05, 3.63) is 27.7 Å². The molecule has 1 aliphatic rings. The number of benzene rings is 1. The minimum Gasteiger partial charge on any atom is -0.492 e. The van der Waals surface area contributed by atoms with Crippen LogP contribution in [0, 0.1) is 0 Å². The molecule has 1 aromatic carbocycles. The van der Waals surface area contributed by atoms with E-state index in [4.69, 9.17) is 27.9 Å². The first-order chi connectivity index (χ1) is 7.22. The molecular weight excluding hydrogens is 233 g/mol. The molecule has 2 rings (SSSR count). The van der Waals surface area contributed by atoms with Crippen molar-refractivity contribution >= 4 is 23.2 Å². The summed E-state index contributed by atoms with van der Waals surface area (Å²) in [5.41, 5.74) is 1.06. The van der Waals surface area contributed by atoms with Gasteiger partial charge in [0.05, 0.1) is 11.6 Å². The van der Waals surface area contributed by atoms with Gasteiger partial charge in [-0.3, -0.25) is 0 Å². The summed E-state index contributed by atoms with van der Waals surface area (Å²) in [6.45, 7) is 0.715. The molecule has 0 bridgehead atoms. The van der Waals surface area contributed by atoms with Gasteiger partial charge in [-0.1, -0.05) is 23.2 Å². The van der Waals surface area contributed by atoms with E-state index in [1.54, 1.807) is 6.07 Å². The number of halogens is 2. The molecule has 0 radical (unpaired) electrons. The molecular formula is C11H13Cl2NO. The van der Waals surface area contributed by atoms with Gasteiger partial charge in [0.2, 0.25) is 0 Å². The number of fused-ring (bicyclic) bond motifs is 1. The molecule has 0 aromatic heterocycles. The molecule has 1 aliphatic heterocycles. The Morgan fingerprint density at radius 1 is 1.40 bits per heavy atom. The van der Waals surface area contributed by atoms with Crippen LogP contribution in [0.4, 0.5) is 0 Å². The lowest BCUT2D eigenvalue weighted by molar-refractivity contribution is 0.315. The van der Waals surface area contributed by atoms with Gasteiger partial charge in [-0.05, 0) is 32.0 Å². The zero-order valence-corrected chi connectivity index (χ0v) is 10.0. The molecule has 2 nitrogen and oxygen atoms in total. The third-order valence-corrected chi connectivity index (χ3v) is 3.14. The molecule has 0 aliphatic carbocycles. The summed E-state index contributed by atoms with van der Waals surface area (Å²) in [7, 11) is 1.94. The Balaban J connectivity index is 2.50. The third kappa shape index (κ3) is 2.22. The van der Waals surface area contributed by atoms with Crippen LogP contribution in [0.1, 0.15) is 24.4 Å². The Labute approximate surface area is 99.5 Å². The monoisotopic (exact) mass is 245 g/mol. The average molecular weight is 246 g/mol. The predicted molar refractivity (Wildman–Crippen MR) is 63.0 cm³/mol. The molecule has 0 fully saturated rings. The van der Waals surface area contributed by atoms with Gasteiger partial charge >= 0.3 is 0 Å². The SMILES string of the molecule is CNC1CCCOc2c(Cl)cc(Cl)cc21. The largest absolute Gasteiger partial charge is 0.492 e. The lowest BCUT2D eigenvalue weighted by Crippen LogP contribution is -2.15. The fourth-order valence-corrected chi connectivity index (χ4v) is 2.47. The van der Waals surface area contributed by atoms with Crippen molar-refractivity contribution in [2.24, 2.45) is 0 Å². The number of hydrogen-bond donors (Lipinski definition) is 1. The maximum absolute atomic E-state index is 6.11. The summed E-state index contributed by atoms with van der Waals surface area (Å²) in [5.74, 6) is 0.776. The quantitative estimate of drug-likeness (QED) is 0.819. The molecule has 1 heterocycles. The highest BCUT2D eigenvalue weighted by Crippen LogP contribution is 2.39. The van der Waals surface area contributed by atoms with Gasteiger partial charge < -0.3 is 10.1 Å². The van der Waals surface area contributed by atoms with Crippen LogP contribution in [0.15, 0.2) is 12.1 Å². The zero-order valence-electron chi connectivity index (χ0n) is 8.52. The lowest BCUT2D eigenvalue weighted by Gasteiger charge is -2.16. The predicted octanol–water partition coefficient (Wildman–Crippen LogP) is 3.43. The van der Waals surface area contributed by atoms with Crippen molar-refractivity contribution in [1.82, 2.24) is 5.32 Å². The summed E-state index contributed by atoms with van der Waals surface area (Å²) >= 11 is 12.1. The summed E-state index contributed by atoms with van der Waals surface area (Å²) in [6, 6.07) is 3.92. The molecule has 1 atom stereocenters. The molecule has 82 valence electrons. The Morgan fingerprint density at radius 3 is 2.93 bits per heavy atom. The first-order valence-electron chi connectivity index (χ1n) is 5.01. The fourth-order valence-electron chi connectivity index (χ4n) is 1.91. The first kappa shape index (κ1) is 11.1. The van der Waals surface area contributed by atoms with E-state index in [9.17, 15) is 0 Å². The van der Waals surface area contributed by atoms with Gasteiger partial charge in [-0.2, -0.15) is 0 Å². The third-order valence-electron chi connectivity index (χ3n) is 2.64. The van der Waals surface area contributed by atoms with E-state index in [1.165, 1.54) is 0 Å². The molecule has 15 heavy (non-hydrogen) atoms. The molecule has 0 spiro atoms. The summed E-state index contributed by atoms with van der Waals surface area (Å²) in [5, 5.41) is 4.51. The van der Waals surface area contributed by atoms with Crippen molar-refractivity contribution in [3.63, 3.8) is 0 Å². The highest BCUT2D eigenvalue weighted by molar-refractivity contribution is 6.35. The molecule has 1 aromatic rings. The topological polar surface area (TPSA) is 21.3 Å². The Morgan fingerprint density at radius 2 is 2.20 bits per heavy atom. The number of hydrogen-bond acceptors (Lipinski definition) is 2. The summed E-state index contributed by atoms with van der Waals surface area (Å²) < 4.78 is 5.64. The summed E-state index contributed by atoms with van der Waals surface area (Å²) in [4.78, 5) is 0. The van der Waals surface area contributed by atoms with Gasteiger partial charge in [0.1, 0.15) is 5.75 Å². The average Bonchev–Trinajstić information content (AvgIpc) is 2.39. The van der Waals surface area contributed by atoms with Crippen LogP contribution < -0.4 is 10.1 Å². The maximum atomic E-state index is 6.11. The lowest BCUT2D eigenvalue weighted by atomic mass is 10.0. The van der Waals surface area contributed by atoms with Crippen molar-refractivity contribution in [1.29, 1.82) is 0 Å². The van der Waals surface area contributed by atoms with Crippen molar-refractivity contribution < 1.29 is 4.74 Å². The molecule has 1 unspecified atom stereocenters. The Hall–Kier alpha value is -0.440. The van der Waals surface area contributed by atoms with Crippen molar-refractivity contribution in [2.45, 2.75) is 18.9 Å². The smallest absolute Gasteiger partial charge is 0.142 e. The second-order valence-electron chi connectivity index (χ2n) is 3.64. The highest BCUT2D eigenvalue weighted by atomic mass is 35.5. The molecule has 0 saturated carbocycles. The Kier molecular flexibility index (Phi) is 3.39. The van der Waals surface area contributed by atoms with Gasteiger partial charge in [-0.25, -0.2) is 0 Å². The normalized spacial score (nSPS) is 20.3. The van der Waals surface area contributed by atoms with Gasteiger partial charge in [0.15, 0.2) is 0 Å². The van der Waals surface area contributed by atoms with Crippen LogP contribution in [0.5, 0.6) is 5.75 Å². The fraction of sp³-hybridized carbons (Fsp3) is 0.455. The van der Waals surface area contributed by atoms with E-state index in [0.717, 1.165) is 24.2 Å². The molecule has 0 saturated heterocycles. The van der Waals surface area contributed by atoms with Crippen LogP contribution in [-0.4, -0.2) is 13.7 Å². The highest BCUT2D eigenvalue weighted by Gasteiger charge is 2.21. The van der Waals surface area contributed by atoms with E-state index in [0.29, 0.717) is 16.7 Å². The number of ether oxygens (including phenoxy) is 1. The standard InChI is InChI=1S/C11H13Cl2NO/c1-14-10-3-2-4-15-11-8(10)5-7(12)6-9(11)13/h5-6,10,14H,2-4H2,1H3. The van der Waals surface area contributed by atoms with Crippen LogP contribution in [-0.2, 0) is 0 Å². The van der Waals surface area contributed by atoms with Crippen LogP contribution >= 0.6 is 23.2 Å². The van der Waals surface area contributed by atoms with Crippen LogP contribution in [0.2, 0.25) is 10.0 Å². The van der Waals surface area contributed by atoms with Gasteiger partial charge in [0, 0.05) is 16.6 Å². The first-order valence-corrected chi connectivity index (χ1v) is 5.77. The number of nitrogens with one attached hydrogen (secondary N) is 1. The van der Waals surface area contributed by atoms with E-state index in [1.807, 2.05) is 13.1 Å².